The second-order valence-corrected chi connectivity index (χ2v) is 6.56. The van der Waals surface area contributed by atoms with E-state index in [4.69, 9.17) is 0 Å². The summed E-state index contributed by atoms with van der Waals surface area (Å²) in [6, 6.07) is 15.0. The number of aromatic hydroxyl groups is 2. The van der Waals surface area contributed by atoms with Crippen LogP contribution in [-0.4, -0.2) is 10.2 Å². The fourth-order valence-corrected chi connectivity index (χ4v) is 3.09. The molecule has 0 aliphatic rings. The van der Waals surface area contributed by atoms with Crippen molar-refractivity contribution in [3.63, 3.8) is 0 Å². The molecule has 0 aliphatic heterocycles. The number of phenolic OH excluding ortho intramolecular Hbond substituents is 2. The summed E-state index contributed by atoms with van der Waals surface area (Å²) in [6.07, 6.45) is 6.11. The molecule has 0 saturated heterocycles. The number of rotatable bonds is 8. The molecule has 2 aromatic carbocycles. The Morgan fingerprint density at radius 2 is 1.22 bits per heavy atom. The van der Waals surface area contributed by atoms with Crippen molar-refractivity contribution in [3.05, 3.63) is 59.7 Å². The third kappa shape index (κ3) is 5.31. The van der Waals surface area contributed by atoms with Gasteiger partial charge >= 0.3 is 0 Å². The minimum atomic E-state index is 0.300. The second kappa shape index (κ2) is 8.61. The Hall–Kier alpha value is -1.96. The lowest BCUT2D eigenvalue weighted by molar-refractivity contribution is 0.444. The molecule has 0 saturated carbocycles. The molecule has 0 bridgehead atoms. The molecule has 0 fully saturated rings. The van der Waals surface area contributed by atoms with Crippen LogP contribution < -0.4 is 0 Å². The molecule has 23 heavy (non-hydrogen) atoms. The van der Waals surface area contributed by atoms with E-state index in [9.17, 15) is 10.2 Å². The first-order valence-electron chi connectivity index (χ1n) is 8.68. The summed E-state index contributed by atoms with van der Waals surface area (Å²) in [4.78, 5) is 0. The van der Waals surface area contributed by atoms with Crippen LogP contribution in [-0.2, 0) is 0 Å². The van der Waals surface area contributed by atoms with E-state index in [1.165, 1.54) is 36.8 Å². The number of hydrogen-bond donors (Lipinski definition) is 2. The highest BCUT2D eigenvalue weighted by molar-refractivity contribution is 5.37. The van der Waals surface area contributed by atoms with E-state index in [1.54, 1.807) is 24.3 Å². The van der Waals surface area contributed by atoms with E-state index in [0.29, 0.717) is 17.4 Å². The molecule has 0 aromatic heterocycles. The minimum Gasteiger partial charge on any atom is -0.508 e. The molecule has 2 nitrogen and oxygen atoms in total. The smallest absolute Gasteiger partial charge is 0.115 e. The molecule has 2 rings (SSSR count). The van der Waals surface area contributed by atoms with E-state index in [2.05, 4.69) is 13.8 Å². The van der Waals surface area contributed by atoms with Crippen LogP contribution in [0.3, 0.4) is 0 Å². The van der Waals surface area contributed by atoms with Gasteiger partial charge in [0.05, 0.1) is 0 Å². The van der Waals surface area contributed by atoms with Crippen molar-refractivity contribution in [2.45, 2.75) is 51.9 Å². The number of benzene rings is 2. The molecule has 0 amide bonds. The Morgan fingerprint density at radius 1 is 0.739 bits per heavy atom. The highest BCUT2D eigenvalue weighted by atomic mass is 16.3. The first-order chi connectivity index (χ1) is 11.1. The Labute approximate surface area is 139 Å². The quantitative estimate of drug-likeness (QED) is 0.643. The van der Waals surface area contributed by atoms with Gasteiger partial charge in [0.25, 0.3) is 0 Å². The largest absolute Gasteiger partial charge is 0.508 e. The molecule has 1 atom stereocenters. The first kappa shape index (κ1) is 17.4. The van der Waals surface area contributed by atoms with Crippen molar-refractivity contribution < 1.29 is 10.2 Å². The van der Waals surface area contributed by atoms with Crippen LogP contribution in [0, 0.1) is 5.92 Å². The fourth-order valence-electron chi connectivity index (χ4n) is 3.09. The van der Waals surface area contributed by atoms with Gasteiger partial charge in [-0.3, -0.25) is 0 Å². The van der Waals surface area contributed by atoms with E-state index >= 15 is 0 Å². The van der Waals surface area contributed by atoms with Crippen molar-refractivity contribution in [2.75, 3.05) is 0 Å². The molecule has 0 spiro atoms. The highest BCUT2D eigenvalue weighted by Gasteiger charge is 2.16. The zero-order valence-electron chi connectivity index (χ0n) is 14.2. The van der Waals surface area contributed by atoms with Gasteiger partial charge in [0.15, 0.2) is 0 Å². The van der Waals surface area contributed by atoms with Gasteiger partial charge in [-0.1, -0.05) is 57.4 Å². The summed E-state index contributed by atoms with van der Waals surface area (Å²) in [5, 5.41) is 19.1. The molecule has 2 N–H and O–H groups in total. The summed E-state index contributed by atoms with van der Waals surface area (Å²) < 4.78 is 0. The molecule has 124 valence electrons. The second-order valence-electron chi connectivity index (χ2n) is 6.56. The van der Waals surface area contributed by atoms with Crippen LogP contribution in [0.25, 0.3) is 0 Å². The summed E-state index contributed by atoms with van der Waals surface area (Å²) in [5.74, 6) is 1.64. The van der Waals surface area contributed by atoms with Crippen molar-refractivity contribution in [1.82, 2.24) is 0 Å². The van der Waals surface area contributed by atoms with E-state index in [1.807, 2.05) is 24.3 Å². The van der Waals surface area contributed by atoms with Crippen LogP contribution in [0.2, 0.25) is 0 Å². The number of unbranched alkanes of at least 4 members (excludes halogenated alkanes) is 1. The van der Waals surface area contributed by atoms with Crippen LogP contribution in [0.15, 0.2) is 48.5 Å². The van der Waals surface area contributed by atoms with Gasteiger partial charge < -0.3 is 10.2 Å². The van der Waals surface area contributed by atoms with Crippen molar-refractivity contribution in [2.24, 2.45) is 5.92 Å². The number of phenols is 2. The Balaban J connectivity index is 2.14. The topological polar surface area (TPSA) is 40.5 Å². The third-order valence-electron chi connectivity index (χ3n) is 4.59. The zero-order chi connectivity index (χ0) is 16.7. The maximum atomic E-state index is 9.53. The fraction of sp³-hybridized carbons (Fsp3) is 0.429. The summed E-state index contributed by atoms with van der Waals surface area (Å²) in [6.45, 7) is 4.57. The zero-order valence-corrected chi connectivity index (χ0v) is 14.2. The van der Waals surface area contributed by atoms with Crippen molar-refractivity contribution >= 4 is 0 Å². The minimum absolute atomic E-state index is 0.300. The summed E-state index contributed by atoms with van der Waals surface area (Å²) in [5.41, 5.74) is 2.44. The average molecular weight is 312 g/mol. The van der Waals surface area contributed by atoms with Gasteiger partial charge in [0.1, 0.15) is 11.5 Å². The van der Waals surface area contributed by atoms with E-state index < -0.39 is 0 Å². The molecule has 0 heterocycles. The van der Waals surface area contributed by atoms with Gasteiger partial charge in [-0.15, -0.1) is 0 Å². The predicted octanol–water partition coefficient (Wildman–Crippen LogP) is 5.84. The standard InChI is InChI=1S/C21H28O2/c1-3-4-5-16(2)6-15-21(17-7-11-19(22)12-8-17)18-9-13-20(23)14-10-18/h7-14,16,21-23H,3-6,15H2,1-2H3. The van der Waals surface area contributed by atoms with Gasteiger partial charge in [0, 0.05) is 5.92 Å². The normalized spacial score (nSPS) is 12.5. The van der Waals surface area contributed by atoms with Gasteiger partial charge in [-0.05, 0) is 54.2 Å². The van der Waals surface area contributed by atoms with Gasteiger partial charge in [-0.2, -0.15) is 0 Å². The maximum Gasteiger partial charge on any atom is 0.115 e. The lowest BCUT2D eigenvalue weighted by Crippen LogP contribution is -2.04. The Morgan fingerprint density at radius 3 is 1.65 bits per heavy atom. The average Bonchev–Trinajstić information content (AvgIpc) is 2.56. The first-order valence-corrected chi connectivity index (χ1v) is 8.68. The molecule has 2 heteroatoms. The summed E-state index contributed by atoms with van der Waals surface area (Å²) in [7, 11) is 0. The van der Waals surface area contributed by atoms with Crippen LogP contribution in [0.1, 0.15) is 63.0 Å². The van der Waals surface area contributed by atoms with E-state index in [-0.39, 0.29) is 0 Å². The van der Waals surface area contributed by atoms with Gasteiger partial charge in [-0.25, -0.2) is 0 Å². The molecule has 0 aliphatic carbocycles. The van der Waals surface area contributed by atoms with Crippen LogP contribution in [0.4, 0.5) is 0 Å². The SMILES string of the molecule is CCCCC(C)CCC(c1ccc(O)cc1)c1ccc(O)cc1. The lowest BCUT2D eigenvalue weighted by atomic mass is 9.84. The van der Waals surface area contributed by atoms with Crippen molar-refractivity contribution in [1.29, 1.82) is 0 Å². The highest BCUT2D eigenvalue weighted by Crippen LogP contribution is 2.33. The van der Waals surface area contributed by atoms with Crippen LogP contribution in [0.5, 0.6) is 11.5 Å². The Kier molecular flexibility index (Phi) is 6.52. The number of hydrogen-bond acceptors (Lipinski definition) is 2. The molecule has 1 unspecified atom stereocenters. The summed E-state index contributed by atoms with van der Waals surface area (Å²) >= 11 is 0. The Bertz CT molecular complexity index is 526. The third-order valence-corrected chi connectivity index (χ3v) is 4.59. The van der Waals surface area contributed by atoms with E-state index in [0.717, 1.165) is 12.3 Å². The monoisotopic (exact) mass is 312 g/mol. The predicted molar refractivity (Wildman–Crippen MR) is 96.0 cm³/mol. The molecule has 0 radical (unpaired) electrons. The lowest BCUT2D eigenvalue weighted by Gasteiger charge is -2.20. The van der Waals surface area contributed by atoms with Gasteiger partial charge in [0.2, 0.25) is 0 Å². The molecular formula is C21H28O2. The maximum absolute atomic E-state index is 9.53. The van der Waals surface area contributed by atoms with Crippen LogP contribution >= 0.6 is 0 Å². The molecule has 2 aromatic rings. The molecular weight excluding hydrogens is 284 g/mol. The van der Waals surface area contributed by atoms with Crippen molar-refractivity contribution in [3.8, 4) is 11.5 Å².